The first-order chi connectivity index (χ1) is 14.1. The number of rotatable bonds is 6. The number of aryl methyl sites for hydroxylation is 2. The van der Waals surface area contributed by atoms with Crippen molar-refractivity contribution in [3.05, 3.63) is 82.4 Å². The number of Topliss-reactive ketones (excluding diaryl/α,β-unsaturated/α-hetero) is 1. The third-order valence-corrected chi connectivity index (χ3v) is 5.29. The number of fused-ring (bicyclic) bond motifs is 3. The van der Waals surface area contributed by atoms with E-state index in [0.717, 1.165) is 27.6 Å². The monoisotopic (exact) mass is 386 g/mol. The molecule has 2 aromatic heterocycles. The average Bonchev–Trinajstić information content (AvgIpc) is 2.77. The Morgan fingerprint density at radius 3 is 2.72 bits per heavy atom. The lowest BCUT2D eigenvalue weighted by Crippen LogP contribution is -2.20. The second kappa shape index (κ2) is 7.87. The van der Waals surface area contributed by atoms with Crippen molar-refractivity contribution in [3.63, 3.8) is 0 Å². The minimum absolute atomic E-state index is 0.0204. The normalized spacial score (nSPS) is 11.1. The van der Waals surface area contributed by atoms with Crippen LogP contribution in [0, 0.1) is 0 Å². The zero-order valence-electron chi connectivity index (χ0n) is 16.5. The first-order valence-corrected chi connectivity index (χ1v) is 9.68. The van der Waals surface area contributed by atoms with Crippen LogP contribution in [0.3, 0.4) is 0 Å². The Kier molecular flexibility index (Phi) is 5.12. The molecule has 0 aliphatic heterocycles. The lowest BCUT2D eigenvalue weighted by molar-refractivity contribution is 0.0983. The van der Waals surface area contributed by atoms with E-state index in [4.69, 9.17) is 4.74 Å². The smallest absolute Gasteiger partial charge is 0.258 e. The molecule has 5 heteroatoms. The summed E-state index contributed by atoms with van der Waals surface area (Å²) >= 11 is 0. The van der Waals surface area contributed by atoms with Gasteiger partial charge in [0, 0.05) is 35.5 Å². The van der Waals surface area contributed by atoms with Crippen LogP contribution in [0.2, 0.25) is 0 Å². The predicted molar refractivity (Wildman–Crippen MR) is 115 cm³/mol. The number of ketones is 1. The molecule has 0 saturated heterocycles. The molecule has 0 N–H and O–H groups in total. The van der Waals surface area contributed by atoms with Crippen LogP contribution in [-0.4, -0.2) is 22.4 Å². The van der Waals surface area contributed by atoms with Gasteiger partial charge >= 0.3 is 0 Å². The topological polar surface area (TPSA) is 61.2 Å². The maximum absolute atomic E-state index is 13.0. The number of benzene rings is 2. The molecule has 0 unspecified atom stereocenters. The second-order valence-corrected chi connectivity index (χ2v) is 6.98. The van der Waals surface area contributed by atoms with Gasteiger partial charge in [-0.3, -0.25) is 14.6 Å². The van der Waals surface area contributed by atoms with Crippen LogP contribution in [0.25, 0.3) is 21.7 Å². The fourth-order valence-corrected chi connectivity index (χ4v) is 3.76. The lowest BCUT2D eigenvalue weighted by Gasteiger charge is -2.11. The molecule has 2 heterocycles. The van der Waals surface area contributed by atoms with Crippen molar-refractivity contribution in [2.45, 2.75) is 26.3 Å². The maximum Gasteiger partial charge on any atom is 0.258 e. The van der Waals surface area contributed by atoms with E-state index in [1.807, 2.05) is 49.4 Å². The summed E-state index contributed by atoms with van der Waals surface area (Å²) < 4.78 is 6.94. The molecule has 0 fully saturated rings. The summed E-state index contributed by atoms with van der Waals surface area (Å²) in [4.78, 5) is 30.0. The van der Waals surface area contributed by atoms with Gasteiger partial charge in [0.05, 0.1) is 18.8 Å². The minimum atomic E-state index is -0.0922. The summed E-state index contributed by atoms with van der Waals surface area (Å²) in [5.74, 6) is 0.800. The summed E-state index contributed by atoms with van der Waals surface area (Å²) in [5.41, 5.74) is 2.33. The van der Waals surface area contributed by atoms with E-state index < -0.39 is 0 Å². The molecular formula is C24H22N2O3. The molecule has 5 nitrogen and oxygen atoms in total. The molecule has 0 saturated carbocycles. The highest BCUT2D eigenvalue weighted by molar-refractivity contribution is 6.08. The van der Waals surface area contributed by atoms with Gasteiger partial charge in [0.25, 0.3) is 5.56 Å². The number of pyridine rings is 2. The number of carbonyl (C=O) groups excluding carboxylic acids is 1. The number of ether oxygens (including phenoxy) is 1. The second-order valence-electron chi connectivity index (χ2n) is 6.98. The molecule has 0 bridgehead atoms. The van der Waals surface area contributed by atoms with Gasteiger partial charge in [-0.2, -0.15) is 0 Å². The third-order valence-electron chi connectivity index (χ3n) is 5.29. The fourth-order valence-electron chi connectivity index (χ4n) is 3.76. The fraction of sp³-hybridized carbons (Fsp3) is 0.208. The summed E-state index contributed by atoms with van der Waals surface area (Å²) in [6, 6.07) is 15.0. The summed E-state index contributed by atoms with van der Waals surface area (Å²) in [6.45, 7) is 2.48. The van der Waals surface area contributed by atoms with Crippen LogP contribution in [0.1, 0.15) is 29.3 Å². The number of hydrogen-bond acceptors (Lipinski definition) is 4. The Morgan fingerprint density at radius 2 is 1.93 bits per heavy atom. The van der Waals surface area contributed by atoms with E-state index in [0.29, 0.717) is 30.3 Å². The number of carbonyl (C=O) groups is 1. The van der Waals surface area contributed by atoms with Crippen LogP contribution in [0.15, 0.2) is 65.7 Å². The number of nitrogens with zero attached hydrogens (tertiary/aromatic N) is 2. The molecule has 29 heavy (non-hydrogen) atoms. The van der Waals surface area contributed by atoms with E-state index in [1.54, 1.807) is 30.1 Å². The van der Waals surface area contributed by atoms with Gasteiger partial charge < -0.3 is 9.30 Å². The molecule has 0 aliphatic rings. The Balaban J connectivity index is 1.69. The highest BCUT2D eigenvalue weighted by atomic mass is 16.5. The molecule has 146 valence electrons. The average molecular weight is 386 g/mol. The molecule has 0 spiro atoms. The van der Waals surface area contributed by atoms with Crippen LogP contribution in [0.5, 0.6) is 5.75 Å². The highest BCUT2D eigenvalue weighted by Crippen LogP contribution is 2.24. The Bertz CT molecular complexity index is 1270. The first-order valence-electron chi connectivity index (χ1n) is 9.68. The Labute approximate surface area is 168 Å². The first kappa shape index (κ1) is 18.9. The van der Waals surface area contributed by atoms with Crippen molar-refractivity contribution in [3.8, 4) is 5.75 Å². The van der Waals surface area contributed by atoms with E-state index in [1.165, 1.54) is 0 Å². The van der Waals surface area contributed by atoms with Crippen molar-refractivity contribution in [1.29, 1.82) is 0 Å². The van der Waals surface area contributed by atoms with Gasteiger partial charge in [0.2, 0.25) is 0 Å². The maximum atomic E-state index is 13.0. The van der Waals surface area contributed by atoms with Crippen LogP contribution in [0.4, 0.5) is 0 Å². The number of aromatic nitrogens is 2. The van der Waals surface area contributed by atoms with E-state index >= 15 is 0 Å². The quantitative estimate of drug-likeness (QED) is 0.364. The van der Waals surface area contributed by atoms with Gasteiger partial charge in [0.1, 0.15) is 5.75 Å². The summed E-state index contributed by atoms with van der Waals surface area (Å²) in [5, 5.41) is 2.38. The largest absolute Gasteiger partial charge is 0.497 e. The minimum Gasteiger partial charge on any atom is -0.497 e. The molecular weight excluding hydrogens is 364 g/mol. The van der Waals surface area contributed by atoms with Crippen LogP contribution >= 0.6 is 0 Å². The van der Waals surface area contributed by atoms with Gasteiger partial charge in [-0.25, -0.2) is 0 Å². The summed E-state index contributed by atoms with van der Waals surface area (Å²) in [6.07, 6.45) is 4.43. The number of methoxy groups -OCH3 is 1. The lowest BCUT2D eigenvalue weighted by atomic mass is 9.99. The van der Waals surface area contributed by atoms with Gasteiger partial charge in [-0.1, -0.05) is 24.3 Å². The van der Waals surface area contributed by atoms with Gasteiger partial charge in [-0.15, -0.1) is 0 Å². The standard InChI is InChI=1S/C24H22N2O3/c1-3-26-22-15-25-12-11-20(22)19-9-8-17(14-21(19)24(26)28)23(27)10-7-16-5-4-6-18(13-16)29-2/h4-6,8-9,11-15H,3,7,10H2,1-2H3. The van der Waals surface area contributed by atoms with E-state index in [9.17, 15) is 9.59 Å². The van der Waals surface area contributed by atoms with Gasteiger partial charge in [0.15, 0.2) is 5.78 Å². The Hall–Kier alpha value is -3.47. The molecule has 4 rings (SSSR count). The summed E-state index contributed by atoms with van der Waals surface area (Å²) in [7, 11) is 1.63. The molecule has 2 aromatic carbocycles. The van der Waals surface area contributed by atoms with Crippen LogP contribution < -0.4 is 10.3 Å². The van der Waals surface area contributed by atoms with E-state index in [2.05, 4.69) is 4.98 Å². The van der Waals surface area contributed by atoms with Crippen molar-refractivity contribution in [2.75, 3.05) is 7.11 Å². The molecule has 0 amide bonds. The SMILES string of the molecule is CCn1c(=O)c2cc(C(=O)CCc3cccc(OC)c3)ccc2c2ccncc21. The van der Waals surface area contributed by atoms with Gasteiger partial charge in [-0.05, 0) is 48.6 Å². The third kappa shape index (κ3) is 3.51. The molecule has 4 aromatic rings. The van der Waals surface area contributed by atoms with Crippen molar-refractivity contribution in [1.82, 2.24) is 9.55 Å². The van der Waals surface area contributed by atoms with Crippen LogP contribution in [-0.2, 0) is 13.0 Å². The molecule has 0 radical (unpaired) electrons. The zero-order valence-corrected chi connectivity index (χ0v) is 16.5. The molecule has 0 atom stereocenters. The van der Waals surface area contributed by atoms with Crippen molar-refractivity contribution in [2.24, 2.45) is 0 Å². The zero-order chi connectivity index (χ0) is 20.4. The van der Waals surface area contributed by atoms with Crippen molar-refractivity contribution >= 4 is 27.5 Å². The Morgan fingerprint density at radius 1 is 1.07 bits per heavy atom. The van der Waals surface area contributed by atoms with Crippen molar-refractivity contribution < 1.29 is 9.53 Å². The molecule has 0 aliphatic carbocycles. The number of hydrogen-bond donors (Lipinski definition) is 0. The predicted octanol–water partition coefficient (Wildman–Crippen LogP) is 4.39. The highest BCUT2D eigenvalue weighted by Gasteiger charge is 2.13. The van der Waals surface area contributed by atoms with E-state index in [-0.39, 0.29) is 11.3 Å².